The van der Waals surface area contributed by atoms with Crippen molar-refractivity contribution in [2.75, 3.05) is 5.32 Å². The standard InChI is InChI=1S/C27H23ClN2O6/c1-16-8-17(2)10-23(9-16)35-24-13-19(12-20(14-24)30(32)33)29-27(31)26-7-5-22(36-26)15-34-21-4-6-25(28)18(3)11-21/h4-14H,15H2,1-3H3,(H,29,31). The van der Waals surface area contributed by atoms with E-state index in [1.165, 1.54) is 24.3 Å². The van der Waals surface area contributed by atoms with Gasteiger partial charge in [0.1, 0.15) is 29.6 Å². The van der Waals surface area contributed by atoms with Gasteiger partial charge in [-0.25, -0.2) is 0 Å². The van der Waals surface area contributed by atoms with Crippen molar-refractivity contribution < 1.29 is 23.6 Å². The average Bonchev–Trinajstić information content (AvgIpc) is 3.28. The number of carbonyl (C=O) groups excluding carboxylic acids is 1. The first-order chi connectivity index (χ1) is 17.2. The van der Waals surface area contributed by atoms with Gasteiger partial charge in [0, 0.05) is 17.2 Å². The number of furan rings is 1. The number of carbonyl (C=O) groups is 1. The van der Waals surface area contributed by atoms with E-state index in [0.717, 1.165) is 16.7 Å². The summed E-state index contributed by atoms with van der Waals surface area (Å²) in [6.45, 7) is 5.84. The van der Waals surface area contributed by atoms with Crippen LogP contribution in [0.2, 0.25) is 5.02 Å². The minimum absolute atomic E-state index is 0.0316. The van der Waals surface area contributed by atoms with Crippen molar-refractivity contribution in [1.82, 2.24) is 0 Å². The number of amides is 1. The molecular weight excluding hydrogens is 484 g/mol. The van der Waals surface area contributed by atoms with Gasteiger partial charge in [-0.3, -0.25) is 14.9 Å². The van der Waals surface area contributed by atoms with Crippen LogP contribution < -0.4 is 14.8 Å². The minimum Gasteiger partial charge on any atom is -0.486 e. The van der Waals surface area contributed by atoms with Gasteiger partial charge in [0.25, 0.3) is 11.6 Å². The van der Waals surface area contributed by atoms with Gasteiger partial charge in [0.2, 0.25) is 0 Å². The maximum absolute atomic E-state index is 12.8. The van der Waals surface area contributed by atoms with Gasteiger partial charge in [-0.05, 0) is 79.9 Å². The molecule has 0 radical (unpaired) electrons. The van der Waals surface area contributed by atoms with Crippen LogP contribution in [0.15, 0.2) is 71.1 Å². The predicted octanol–water partition coefficient (Wildman–Crippen LogP) is 7.39. The number of nitrogens with zero attached hydrogens (tertiary/aromatic N) is 1. The number of ether oxygens (including phenoxy) is 2. The average molecular weight is 507 g/mol. The summed E-state index contributed by atoms with van der Waals surface area (Å²) in [7, 11) is 0. The zero-order valence-electron chi connectivity index (χ0n) is 19.8. The number of aryl methyl sites for hydroxylation is 3. The van der Waals surface area contributed by atoms with E-state index < -0.39 is 10.8 Å². The van der Waals surface area contributed by atoms with Crippen molar-refractivity contribution in [2.45, 2.75) is 27.4 Å². The molecule has 0 spiro atoms. The third kappa shape index (κ3) is 6.22. The quantitative estimate of drug-likeness (QED) is 0.197. The number of halogens is 1. The summed E-state index contributed by atoms with van der Waals surface area (Å²) < 4.78 is 17.1. The lowest BCUT2D eigenvalue weighted by molar-refractivity contribution is -0.384. The summed E-state index contributed by atoms with van der Waals surface area (Å²) in [5, 5.41) is 14.7. The Morgan fingerprint density at radius 3 is 2.36 bits per heavy atom. The monoisotopic (exact) mass is 506 g/mol. The summed E-state index contributed by atoms with van der Waals surface area (Å²) in [6, 6.07) is 18.1. The fraction of sp³-hybridized carbons (Fsp3) is 0.148. The van der Waals surface area contributed by atoms with Crippen molar-refractivity contribution >= 4 is 28.9 Å². The largest absolute Gasteiger partial charge is 0.486 e. The van der Waals surface area contributed by atoms with Crippen molar-refractivity contribution in [3.63, 3.8) is 0 Å². The summed E-state index contributed by atoms with van der Waals surface area (Å²) in [5.41, 5.74) is 2.84. The zero-order valence-corrected chi connectivity index (χ0v) is 20.6. The number of anilines is 1. The SMILES string of the molecule is Cc1cc(C)cc(Oc2cc(NC(=O)c3ccc(COc4ccc(Cl)c(C)c4)o3)cc([N+](=O)[O-])c2)c1. The van der Waals surface area contributed by atoms with Crippen LogP contribution in [0.5, 0.6) is 17.2 Å². The molecule has 0 fully saturated rings. The van der Waals surface area contributed by atoms with Crippen LogP contribution in [0.4, 0.5) is 11.4 Å². The number of hydrogen-bond acceptors (Lipinski definition) is 6. The lowest BCUT2D eigenvalue weighted by atomic mass is 10.1. The van der Waals surface area contributed by atoms with Crippen LogP contribution >= 0.6 is 11.6 Å². The van der Waals surface area contributed by atoms with Gasteiger partial charge in [0.15, 0.2) is 5.76 Å². The Kier molecular flexibility index (Phi) is 7.26. The van der Waals surface area contributed by atoms with E-state index in [1.807, 2.05) is 39.0 Å². The van der Waals surface area contributed by atoms with Crippen LogP contribution in [0.3, 0.4) is 0 Å². The topological polar surface area (TPSA) is 104 Å². The number of nitrogens with one attached hydrogen (secondary N) is 1. The summed E-state index contributed by atoms with van der Waals surface area (Å²) in [4.78, 5) is 23.7. The third-order valence-corrected chi connectivity index (χ3v) is 5.61. The van der Waals surface area contributed by atoms with E-state index in [2.05, 4.69) is 5.32 Å². The number of nitro benzene ring substituents is 1. The van der Waals surface area contributed by atoms with Gasteiger partial charge >= 0.3 is 0 Å². The van der Waals surface area contributed by atoms with Crippen molar-refractivity contribution in [3.8, 4) is 17.2 Å². The molecule has 0 atom stereocenters. The molecule has 184 valence electrons. The van der Waals surface area contributed by atoms with Crippen molar-refractivity contribution in [3.05, 3.63) is 110 Å². The van der Waals surface area contributed by atoms with Gasteiger partial charge in [-0.1, -0.05) is 17.7 Å². The maximum Gasteiger partial charge on any atom is 0.291 e. The Hall–Kier alpha value is -4.30. The maximum atomic E-state index is 12.8. The number of hydrogen-bond donors (Lipinski definition) is 1. The van der Waals surface area contributed by atoms with Crippen LogP contribution in [0.1, 0.15) is 33.0 Å². The molecule has 4 aromatic rings. The highest BCUT2D eigenvalue weighted by Crippen LogP contribution is 2.31. The van der Waals surface area contributed by atoms with Crippen LogP contribution in [-0.4, -0.2) is 10.8 Å². The molecule has 0 saturated heterocycles. The van der Waals surface area contributed by atoms with Crippen LogP contribution in [-0.2, 0) is 6.61 Å². The van der Waals surface area contributed by atoms with Crippen LogP contribution in [0, 0.1) is 30.9 Å². The molecule has 0 aliphatic rings. The van der Waals surface area contributed by atoms with Gasteiger partial charge < -0.3 is 19.2 Å². The molecule has 9 heteroatoms. The predicted molar refractivity (Wildman–Crippen MR) is 136 cm³/mol. The molecule has 8 nitrogen and oxygen atoms in total. The minimum atomic E-state index is -0.568. The molecule has 0 bridgehead atoms. The van der Waals surface area contributed by atoms with Crippen molar-refractivity contribution in [1.29, 1.82) is 0 Å². The molecule has 0 saturated carbocycles. The second-order valence-electron chi connectivity index (χ2n) is 8.32. The normalized spacial score (nSPS) is 10.7. The molecule has 36 heavy (non-hydrogen) atoms. The Labute approximate surface area is 212 Å². The Balaban J connectivity index is 1.47. The van der Waals surface area contributed by atoms with E-state index in [9.17, 15) is 14.9 Å². The highest BCUT2D eigenvalue weighted by molar-refractivity contribution is 6.31. The lowest BCUT2D eigenvalue weighted by Crippen LogP contribution is -2.11. The van der Waals surface area contributed by atoms with Crippen molar-refractivity contribution in [2.24, 2.45) is 0 Å². The van der Waals surface area contributed by atoms with E-state index >= 15 is 0 Å². The first-order valence-electron chi connectivity index (χ1n) is 11.0. The molecule has 3 aromatic carbocycles. The number of non-ortho nitro benzene ring substituents is 1. The van der Waals surface area contributed by atoms with Gasteiger partial charge in [-0.2, -0.15) is 0 Å². The van der Waals surface area contributed by atoms with Gasteiger partial charge in [-0.15, -0.1) is 0 Å². The van der Waals surface area contributed by atoms with E-state index in [0.29, 0.717) is 22.3 Å². The number of rotatable bonds is 8. The smallest absolute Gasteiger partial charge is 0.291 e. The lowest BCUT2D eigenvalue weighted by Gasteiger charge is -2.10. The van der Waals surface area contributed by atoms with E-state index in [4.69, 9.17) is 25.5 Å². The Morgan fingerprint density at radius 1 is 0.944 bits per heavy atom. The molecule has 0 aliphatic heterocycles. The highest BCUT2D eigenvalue weighted by Gasteiger charge is 2.16. The molecule has 1 amide bonds. The number of nitro groups is 1. The highest BCUT2D eigenvalue weighted by atomic mass is 35.5. The van der Waals surface area contributed by atoms with E-state index in [-0.39, 0.29) is 29.5 Å². The molecule has 1 heterocycles. The summed E-state index contributed by atoms with van der Waals surface area (Å²) >= 11 is 6.03. The fourth-order valence-corrected chi connectivity index (χ4v) is 3.70. The number of benzene rings is 3. The molecule has 1 aromatic heterocycles. The Bertz CT molecular complexity index is 1430. The fourth-order valence-electron chi connectivity index (χ4n) is 3.58. The molecule has 4 rings (SSSR count). The third-order valence-electron chi connectivity index (χ3n) is 5.19. The Morgan fingerprint density at radius 2 is 1.67 bits per heavy atom. The molecule has 0 unspecified atom stereocenters. The molecule has 1 N–H and O–H groups in total. The second kappa shape index (κ2) is 10.5. The van der Waals surface area contributed by atoms with E-state index in [1.54, 1.807) is 24.3 Å². The summed E-state index contributed by atoms with van der Waals surface area (Å²) in [6.07, 6.45) is 0. The summed E-state index contributed by atoms with van der Waals surface area (Å²) in [5.74, 6) is 1.27. The molecular formula is C27H23ClN2O6. The first kappa shape index (κ1) is 24.8. The van der Waals surface area contributed by atoms with Gasteiger partial charge in [0.05, 0.1) is 16.7 Å². The van der Waals surface area contributed by atoms with Crippen LogP contribution in [0.25, 0.3) is 0 Å². The second-order valence-corrected chi connectivity index (χ2v) is 8.73. The first-order valence-corrected chi connectivity index (χ1v) is 11.4. The zero-order chi connectivity index (χ0) is 25.8. The molecule has 0 aliphatic carbocycles.